The Kier molecular flexibility index (Phi) is 5.02. The van der Waals surface area contributed by atoms with Gasteiger partial charge in [0.25, 0.3) is 11.8 Å². The van der Waals surface area contributed by atoms with Crippen molar-refractivity contribution in [1.29, 1.82) is 0 Å². The first-order valence-corrected chi connectivity index (χ1v) is 12.0. The number of halogens is 2. The third kappa shape index (κ3) is 2.86. The first-order chi connectivity index (χ1) is 17.4. The second-order valence-corrected chi connectivity index (χ2v) is 9.35. The lowest BCUT2D eigenvalue weighted by atomic mass is 9.83. The standard InChI is InChI=1S/C28H20ClFN2O4/c1-2-13-31-21-10-6-4-8-19(21)28(27(31)35)23-24(33)18-14-17(30)11-12-22(18)36-25(23)26(34)32(28)15-16-7-3-5-9-20(16)29/h3-12,14H,2,13,15H2,1H3. The van der Waals surface area contributed by atoms with E-state index in [1.807, 2.05) is 13.0 Å². The van der Waals surface area contributed by atoms with Gasteiger partial charge in [0.05, 0.1) is 16.6 Å². The number of carbonyl (C=O) groups is 2. The first-order valence-electron chi connectivity index (χ1n) is 11.6. The van der Waals surface area contributed by atoms with E-state index < -0.39 is 28.6 Å². The molecule has 3 aromatic carbocycles. The Bertz CT molecular complexity index is 1650. The van der Waals surface area contributed by atoms with Crippen LogP contribution in [0.2, 0.25) is 5.02 Å². The van der Waals surface area contributed by atoms with Crippen LogP contribution < -0.4 is 10.3 Å². The number of amides is 2. The summed E-state index contributed by atoms with van der Waals surface area (Å²) < 4.78 is 20.1. The van der Waals surface area contributed by atoms with Crippen LogP contribution in [0.1, 0.15) is 40.6 Å². The molecule has 1 aromatic heterocycles. The summed E-state index contributed by atoms with van der Waals surface area (Å²) in [5.74, 6) is -1.86. The van der Waals surface area contributed by atoms with Crippen LogP contribution in [0.3, 0.4) is 0 Å². The molecule has 4 aromatic rings. The van der Waals surface area contributed by atoms with Crippen molar-refractivity contribution < 1.29 is 18.4 Å². The van der Waals surface area contributed by atoms with Crippen molar-refractivity contribution in [3.05, 3.63) is 110 Å². The van der Waals surface area contributed by atoms with Gasteiger partial charge in [0.15, 0.2) is 11.0 Å². The van der Waals surface area contributed by atoms with Gasteiger partial charge in [0, 0.05) is 23.7 Å². The number of anilines is 1. The number of rotatable bonds is 4. The van der Waals surface area contributed by atoms with Crippen molar-refractivity contribution in [1.82, 2.24) is 4.90 Å². The lowest BCUT2D eigenvalue weighted by molar-refractivity contribution is -0.126. The summed E-state index contributed by atoms with van der Waals surface area (Å²) in [7, 11) is 0. The molecule has 1 spiro atoms. The predicted octanol–water partition coefficient (Wildman–Crippen LogP) is 5.24. The zero-order chi connectivity index (χ0) is 25.2. The molecule has 0 saturated carbocycles. The van der Waals surface area contributed by atoms with Gasteiger partial charge in [-0.25, -0.2) is 4.39 Å². The molecule has 1 unspecified atom stereocenters. The first kappa shape index (κ1) is 22.5. The summed E-state index contributed by atoms with van der Waals surface area (Å²) in [5, 5.41) is 0.395. The van der Waals surface area contributed by atoms with Gasteiger partial charge in [0.1, 0.15) is 11.4 Å². The van der Waals surface area contributed by atoms with Crippen molar-refractivity contribution in [2.24, 2.45) is 0 Å². The van der Waals surface area contributed by atoms with Crippen LogP contribution in [0.4, 0.5) is 10.1 Å². The monoisotopic (exact) mass is 502 g/mol. The van der Waals surface area contributed by atoms with Crippen molar-refractivity contribution in [2.45, 2.75) is 25.4 Å². The molecule has 36 heavy (non-hydrogen) atoms. The summed E-state index contributed by atoms with van der Waals surface area (Å²) in [6, 6.07) is 17.7. The molecular weight excluding hydrogens is 483 g/mol. The molecule has 0 radical (unpaired) electrons. The van der Waals surface area contributed by atoms with E-state index in [0.717, 1.165) is 12.1 Å². The Morgan fingerprint density at radius 2 is 1.75 bits per heavy atom. The predicted molar refractivity (Wildman–Crippen MR) is 134 cm³/mol. The smallest absolute Gasteiger partial charge is 0.291 e. The van der Waals surface area contributed by atoms with E-state index in [1.54, 1.807) is 47.4 Å². The molecule has 1 atom stereocenters. The topological polar surface area (TPSA) is 70.8 Å². The Morgan fingerprint density at radius 3 is 2.53 bits per heavy atom. The van der Waals surface area contributed by atoms with Crippen LogP contribution >= 0.6 is 11.6 Å². The molecule has 0 fully saturated rings. The molecule has 6 rings (SSSR count). The molecule has 8 heteroatoms. The minimum atomic E-state index is -1.77. The van der Waals surface area contributed by atoms with Crippen molar-refractivity contribution >= 4 is 40.1 Å². The van der Waals surface area contributed by atoms with Gasteiger partial charge < -0.3 is 14.2 Å². The molecule has 3 heterocycles. The number of para-hydroxylation sites is 1. The van der Waals surface area contributed by atoms with E-state index in [4.69, 9.17) is 16.0 Å². The van der Waals surface area contributed by atoms with Gasteiger partial charge in [-0.2, -0.15) is 0 Å². The number of carbonyl (C=O) groups excluding carboxylic acids is 2. The highest BCUT2D eigenvalue weighted by atomic mass is 35.5. The molecule has 2 aliphatic heterocycles. The second kappa shape index (κ2) is 8.03. The van der Waals surface area contributed by atoms with Crippen LogP contribution in [0.25, 0.3) is 11.0 Å². The van der Waals surface area contributed by atoms with Gasteiger partial charge in [-0.05, 0) is 42.3 Å². The largest absolute Gasteiger partial charge is 0.450 e. The summed E-state index contributed by atoms with van der Waals surface area (Å²) in [5.41, 5.74) is -0.651. The second-order valence-electron chi connectivity index (χ2n) is 8.94. The lowest BCUT2D eigenvalue weighted by Gasteiger charge is -2.34. The maximum absolute atomic E-state index is 14.4. The van der Waals surface area contributed by atoms with Gasteiger partial charge >= 0.3 is 0 Å². The minimum Gasteiger partial charge on any atom is -0.450 e. The third-order valence-electron chi connectivity index (χ3n) is 6.93. The Labute approximate surface area is 210 Å². The van der Waals surface area contributed by atoms with Gasteiger partial charge in [-0.1, -0.05) is 54.9 Å². The minimum absolute atomic E-state index is 0.0280. The Hall–Kier alpha value is -3.97. The van der Waals surface area contributed by atoms with E-state index >= 15 is 0 Å². The molecule has 0 saturated heterocycles. The molecule has 180 valence electrons. The van der Waals surface area contributed by atoms with Crippen LogP contribution in [0, 0.1) is 5.82 Å². The maximum Gasteiger partial charge on any atom is 0.291 e. The van der Waals surface area contributed by atoms with Crippen LogP contribution in [-0.2, 0) is 16.9 Å². The quantitative estimate of drug-likeness (QED) is 0.382. The molecule has 6 nitrogen and oxygen atoms in total. The van der Waals surface area contributed by atoms with E-state index in [9.17, 15) is 18.8 Å². The van der Waals surface area contributed by atoms with Gasteiger partial charge in [0.2, 0.25) is 5.76 Å². The van der Waals surface area contributed by atoms with E-state index in [2.05, 4.69) is 0 Å². The van der Waals surface area contributed by atoms with Crippen LogP contribution in [-0.4, -0.2) is 23.3 Å². The fourth-order valence-electron chi connectivity index (χ4n) is 5.43. The number of hydrogen-bond donors (Lipinski definition) is 0. The molecule has 0 bridgehead atoms. The zero-order valence-electron chi connectivity index (χ0n) is 19.3. The van der Waals surface area contributed by atoms with Crippen molar-refractivity contribution in [3.63, 3.8) is 0 Å². The molecule has 2 amide bonds. The average molecular weight is 503 g/mol. The Morgan fingerprint density at radius 1 is 1.00 bits per heavy atom. The normalized spacial score (nSPS) is 18.4. The van der Waals surface area contributed by atoms with Crippen LogP contribution in [0.15, 0.2) is 75.9 Å². The molecular formula is C28H20ClFN2O4. The number of fused-ring (bicyclic) bond motifs is 5. The highest BCUT2D eigenvalue weighted by molar-refractivity contribution is 6.31. The maximum atomic E-state index is 14.4. The molecule has 2 aliphatic rings. The zero-order valence-corrected chi connectivity index (χ0v) is 20.0. The molecule has 0 aliphatic carbocycles. The average Bonchev–Trinajstić information content (AvgIpc) is 3.26. The van der Waals surface area contributed by atoms with Crippen LogP contribution in [0.5, 0.6) is 0 Å². The van der Waals surface area contributed by atoms with Crippen molar-refractivity contribution in [3.8, 4) is 0 Å². The summed E-state index contributed by atoms with van der Waals surface area (Å²) >= 11 is 6.45. The molecule has 0 N–H and O–H groups in total. The van der Waals surface area contributed by atoms with E-state index in [-0.39, 0.29) is 28.8 Å². The van der Waals surface area contributed by atoms with E-state index in [0.29, 0.717) is 34.8 Å². The summed E-state index contributed by atoms with van der Waals surface area (Å²) in [6.45, 7) is 2.31. The SMILES string of the molecule is CCCN1C(=O)C2(c3ccccc31)c1c(oc3ccc(F)cc3c1=O)C(=O)N2Cc1ccccc1Cl. The highest BCUT2D eigenvalue weighted by Crippen LogP contribution is 2.53. The fourth-order valence-corrected chi connectivity index (χ4v) is 5.62. The van der Waals surface area contributed by atoms with Crippen molar-refractivity contribution in [2.75, 3.05) is 11.4 Å². The van der Waals surface area contributed by atoms with E-state index in [1.165, 1.54) is 11.0 Å². The van der Waals surface area contributed by atoms with Gasteiger partial charge in [-0.3, -0.25) is 14.4 Å². The summed E-state index contributed by atoms with van der Waals surface area (Å²) in [4.78, 5) is 45.3. The number of nitrogens with zero attached hydrogens (tertiary/aromatic N) is 2. The summed E-state index contributed by atoms with van der Waals surface area (Å²) in [6.07, 6.45) is 0.666. The van der Waals surface area contributed by atoms with Gasteiger partial charge in [-0.15, -0.1) is 0 Å². The highest BCUT2D eigenvalue weighted by Gasteiger charge is 2.64. The number of hydrogen-bond acceptors (Lipinski definition) is 4. The number of benzene rings is 3. The third-order valence-corrected chi connectivity index (χ3v) is 7.30. The fraction of sp³-hybridized carbons (Fsp3) is 0.179. The lowest BCUT2D eigenvalue weighted by Crippen LogP contribution is -2.53. The Balaban J connectivity index is 1.71.